The number of halogens is 1. The van der Waals surface area contributed by atoms with Crippen LogP contribution in [-0.4, -0.2) is 27.8 Å². The van der Waals surface area contributed by atoms with Gasteiger partial charge in [0.05, 0.1) is 24.6 Å². The van der Waals surface area contributed by atoms with Gasteiger partial charge in [0, 0.05) is 11.8 Å². The molecule has 3 aromatic rings. The Balaban J connectivity index is 1.90. The van der Waals surface area contributed by atoms with Gasteiger partial charge in [0.25, 0.3) is 5.91 Å². The number of aromatic nitrogens is 3. The molecule has 0 spiro atoms. The maximum absolute atomic E-state index is 12.5. The second-order valence-electron chi connectivity index (χ2n) is 5.09. The number of aryl methyl sites for hydroxylation is 1. The molecule has 0 saturated carbocycles. The summed E-state index contributed by atoms with van der Waals surface area (Å²) in [5, 5.41) is 7.45. The van der Waals surface area contributed by atoms with Crippen LogP contribution in [0.4, 0.5) is 5.82 Å². The molecule has 6 nitrogen and oxygen atoms in total. The van der Waals surface area contributed by atoms with Crippen LogP contribution in [0.3, 0.4) is 0 Å². The molecule has 0 saturated heterocycles. The van der Waals surface area contributed by atoms with E-state index in [1.165, 1.54) is 19.4 Å². The van der Waals surface area contributed by atoms with Crippen molar-refractivity contribution in [2.45, 2.75) is 6.92 Å². The molecule has 0 aliphatic heterocycles. The molecule has 0 atom stereocenters. The van der Waals surface area contributed by atoms with Crippen LogP contribution in [0.2, 0.25) is 5.02 Å². The molecule has 2 aromatic heterocycles. The Hall–Kier alpha value is -2.86. The molecule has 0 fully saturated rings. The molecule has 122 valence electrons. The van der Waals surface area contributed by atoms with Gasteiger partial charge in [-0.05, 0) is 25.1 Å². The minimum Gasteiger partial charge on any atom is -0.480 e. The summed E-state index contributed by atoms with van der Waals surface area (Å²) in [6.07, 6.45) is 3.11. The lowest BCUT2D eigenvalue weighted by molar-refractivity contribution is 0.102. The predicted molar refractivity (Wildman–Crippen MR) is 92.1 cm³/mol. The van der Waals surface area contributed by atoms with Crippen molar-refractivity contribution in [1.82, 2.24) is 14.8 Å². The van der Waals surface area contributed by atoms with Gasteiger partial charge in [-0.2, -0.15) is 5.10 Å². The number of rotatable bonds is 4. The summed E-state index contributed by atoms with van der Waals surface area (Å²) in [4.78, 5) is 16.5. The predicted octanol–water partition coefficient (Wildman–Crippen LogP) is 3.49. The van der Waals surface area contributed by atoms with Gasteiger partial charge in [0.15, 0.2) is 0 Å². The number of hydrogen-bond donors (Lipinski definition) is 1. The van der Waals surface area contributed by atoms with Gasteiger partial charge in [-0.3, -0.25) is 4.79 Å². The molecule has 1 amide bonds. The van der Waals surface area contributed by atoms with Crippen molar-refractivity contribution in [2.75, 3.05) is 12.4 Å². The third-order valence-corrected chi connectivity index (χ3v) is 3.72. The van der Waals surface area contributed by atoms with Crippen molar-refractivity contribution < 1.29 is 9.53 Å². The first-order chi connectivity index (χ1) is 11.6. The summed E-state index contributed by atoms with van der Waals surface area (Å²) in [5.74, 6) is 0.546. The van der Waals surface area contributed by atoms with E-state index in [0.717, 1.165) is 11.3 Å². The zero-order valence-corrected chi connectivity index (χ0v) is 13.9. The van der Waals surface area contributed by atoms with Crippen LogP contribution in [0, 0.1) is 6.92 Å². The quantitative estimate of drug-likeness (QED) is 0.788. The molecule has 24 heavy (non-hydrogen) atoms. The minimum atomic E-state index is -0.326. The van der Waals surface area contributed by atoms with E-state index in [0.29, 0.717) is 11.4 Å². The van der Waals surface area contributed by atoms with Crippen molar-refractivity contribution in [1.29, 1.82) is 0 Å². The van der Waals surface area contributed by atoms with Crippen molar-refractivity contribution >= 4 is 23.3 Å². The van der Waals surface area contributed by atoms with Gasteiger partial charge in [-0.1, -0.05) is 29.8 Å². The van der Waals surface area contributed by atoms with Crippen molar-refractivity contribution in [3.63, 3.8) is 0 Å². The molecule has 0 radical (unpaired) electrons. The van der Waals surface area contributed by atoms with E-state index in [1.54, 1.807) is 10.9 Å². The van der Waals surface area contributed by atoms with Crippen LogP contribution < -0.4 is 10.1 Å². The molecule has 1 aromatic carbocycles. The number of methoxy groups -OCH3 is 1. The largest absolute Gasteiger partial charge is 0.480 e. The zero-order valence-electron chi connectivity index (χ0n) is 13.2. The van der Waals surface area contributed by atoms with E-state index in [1.807, 2.05) is 37.3 Å². The molecule has 1 N–H and O–H groups in total. The second-order valence-corrected chi connectivity index (χ2v) is 5.50. The van der Waals surface area contributed by atoms with Gasteiger partial charge in [-0.15, -0.1) is 0 Å². The zero-order chi connectivity index (χ0) is 17.1. The second kappa shape index (κ2) is 6.72. The van der Waals surface area contributed by atoms with Crippen molar-refractivity contribution in [2.24, 2.45) is 0 Å². The number of carbonyl (C=O) groups is 1. The Bertz CT molecular complexity index is 878. The fourth-order valence-corrected chi connectivity index (χ4v) is 2.47. The summed E-state index contributed by atoms with van der Waals surface area (Å²) in [5.41, 5.74) is 2.03. The number of hydrogen-bond acceptors (Lipinski definition) is 4. The van der Waals surface area contributed by atoms with Gasteiger partial charge >= 0.3 is 0 Å². The fraction of sp³-hybridized carbons (Fsp3) is 0.118. The van der Waals surface area contributed by atoms with E-state index >= 15 is 0 Å². The summed E-state index contributed by atoms with van der Waals surface area (Å²) in [6, 6.07) is 11.1. The Kier molecular flexibility index (Phi) is 4.48. The monoisotopic (exact) mass is 342 g/mol. The third-order valence-electron chi connectivity index (χ3n) is 3.45. The number of amides is 1. The van der Waals surface area contributed by atoms with Gasteiger partial charge in [0.2, 0.25) is 5.88 Å². The van der Waals surface area contributed by atoms with Crippen LogP contribution in [0.1, 0.15) is 15.9 Å². The highest BCUT2D eigenvalue weighted by Gasteiger charge is 2.15. The smallest absolute Gasteiger partial charge is 0.258 e. The average molecular weight is 343 g/mol. The normalized spacial score (nSPS) is 10.5. The summed E-state index contributed by atoms with van der Waals surface area (Å²) in [7, 11) is 1.47. The molecular formula is C17H15ClN4O2. The maximum atomic E-state index is 12.5. The van der Waals surface area contributed by atoms with Crippen LogP contribution in [-0.2, 0) is 0 Å². The van der Waals surface area contributed by atoms with Crippen molar-refractivity contribution in [3.05, 3.63) is 64.9 Å². The number of pyridine rings is 1. The summed E-state index contributed by atoms with van der Waals surface area (Å²) < 4.78 is 6.67. The Morgan fingerprint density at radius 3 is 2.67 bits per heavy atom. The van der Waals surface area contributed by atoms with E-state index in [4.69, 9.17) is 16.3 Å². The van der Waals surface area contributed by atoms with Gasteiger partial charge < -0.3 is 10.1 Å². The first-order valence-corrected chi connectivity index (χ1v) is 7.59. The van der Waals surface area contributed by atoms with Crippen LogP contribution in [0.15, 0.2) is 48.8 Å². The number of nitrogens with zero attached hydrogens (tertiary/aromatic N) is 3. The number of carbonyl (C=O) groups excluding carboxylic acids is 1. The van der Waals surface area contributed by atoms with E-state index in [9.17, 15) is 4.79 Å². The van der Waals surface area contributed by atoms with Gasteiger partial charge in [-0.25, -0.2) is 9.67 Å². The Labute approximate surface area is 144 Å². The van der Waals surface area contributed by atoms with Crippen LogP contribution in [0.25, 0.3) is 5.69 Å². The number of para-hydroxylation sites is 1. The van der Waals surface area contributed by atoms with E-state index in [2.05, 4.69) is 15.4 Å². The maximum Gasteiger partial charge on any atom is 0.258 e. The lowest BCUT2D eigenvalue weighted by Crippen LogP contribution is -2.16. The molecule has 0 aliphatic carbocycles. The van der Waals surface area contributed by atoms with Gasteiger partial charge in [0.1, 0.15) is 10.8 Å². The highest BCUT2D eigenvalue weighted by Crippen LogP contribution is 2.24. The average Bonchev–Trinajstić information content (AvgIpc) is 2.96. The van der Waals surface area contributed by atoms with E-state index in [-0.39, 0.29) is 16.8 Å². The van der Waals surface area contributed by atoms with Crippen molar-refractivity contribution in [3.8, 4) is 11.6 Å². The van der Waals surface area contributed by atoms with Crippen LogP contribution in [0.5, 0.6) is 5.88 Å². The number of ether oxygens (including phenoxy) is 1. The summed E-state index contributed by atoms with van der Waals surface area (Å²) in [6.45, 7) is 1.88. The standard InChI is InChI=1S/C17H15ClN4O2/c1-11-9-20-22(13-6-4-3-5-7-13)15(11)21-16(23)12-8-14(18)17(24-2)19-10-12/h3-10H,1-2H3,(H,21,23). The summed E-state index contributed by atoms with van der Waals surface area (Å²) >= 11 is 6.03. The third kappa shape index (κ3) is 3.09. The SMILES string of the molecule is COc1ncc(C(=O)Nc2c(C)cnn2-c2ccccc2)cc1Cl. The number of anilines is 1. The molecule has 0 aliphatic rings. The number of benzene rings is 1. The lowest BCUT2D eigenvalue weighted by atomic mass is 10.2. The molecule has 3 rings (SSSR count). The Morgan fingerprint density at radius 1 is 1.25 bits per heavy atom. The highest BCUT2D eigenvalue weighted by atomic mass is 35.5. The molecule has 0 unspecified atom stereocenters. The molecule has 7 heteroatoms. The van der Waals surface area contributed by atoms with E-state index < -0.39 is 0 Å². The first-order valence-electron chi connectivity index (χ1n) is 7.21. The Morgan fingerprint density at radius 2 is 2.00 bits per heavy atom. The minimum absolute atomic E-state index is 0.276. The molecular weight excluding hydrogens is 328 g/mol. The molecule has 0 bridgehead atoms. The first kappa shape index (κ1) is 16.0. The highest BCUT2D eigenvalue weighted by molar-refractivity contribution is 6.32. The van der Waals surface area contributed by atoms with Crippen LogP contribution >= 0.6 is 11.6 Å². The lowest BCUT2D eigenvalue weighted by Gasteiger charge is -2.10. The molecule has 2 heterocycles. The number of nitrogens with one attached hydrogen (secondary N) is 1. The topological polar surface area (TPSA) is 69.0 Å². The fourth-order valence-electron chi connectivity index (χ4n) is 2.23.